The van der Waals surface area contributed by atoms with E-state index in [4.69, 9.17) is 4.74 Å². The van der Waals surface area contributed by atoms with Crippen LogP contribution in [0.25, 0.3) is 0 Å². The fourth-order valence-electron chi connectivity index (χ4n) is 2.25. The van der Waals surface area contributed by atoms with Crippen molar-refractivity contribution in [2.24, 2.45) is 0 Å². The van der Waals surface area contributed by atoms with E-state index in [1.807, 2.05) is 48.1 Å². The summed E-state index contributed by atoms with van der Waals surface area (Å²) in [6.07, 6.45) is 5.92. The van der Waals surface area contributed by atoms with E-state index < -0.39 is 0 Å². The Kier molecular flexibility index (Phi) is 5.09. The van der Waals surface area contributed by atoms with E-state index in [1.165, 1.54) is 0 Å². The molecule has 2 heterocycles. The van der Waals surface area contributed by atoms with Crippen LogP contribution in [0.3, 0.4) is 0 Å². The molecule has 0 atom stereocenters. The van der Waals surface area contributed by atoms with E-state index >= 15 is 0 Å². The first-order valence-electron chi connectivity index (χ1n) is 7.95. The molecule has 0 spiro atoms. The molecule has 0 aliphatic carbocycles. The molecule has 0 unspecified atom stereocenters. The number of hydrogen-bond acceptors (Lipinski definition) is 3. The highest BCUT2D eigenvalue weighted by atomic mass is 16.5. The lowest BCUT2D eigenvalue weighted by Gasteiger charge is -2.25. The van der Waals surface area contributed by atoms with E-state index in [0.717, 1.165) is 11.3 Å². The van der Waals surface area contributed by atoms with E-state index in [1.54, 1.807) is 12.3 Å². The summed E-state index contributed by atoms with van der Waals surface area (Å²) in [6.45, 7) is 3.34. The minimum atomic E-state index is -0.125. The van der Waals surface area contributed by atoms with Crippen LogP contribution in [0.4, 0.5) is 5.69 Å². The van der Waals surface area contributed by atoms with Crippen molar-refractivity contribution in [2.45, 2.75) is 19.4 Å². The van der Waals surface area contributed by atoms with Crippen LogP contribution >= 0.6 is 0 Å². The van der Waals surface area contributed by atoms with Crippen LogP contribution in [0.1, 0.15) is 24.9 Å². The monoisotopic (exact) mass is 321 g/mol. The number of para-hydroxylation sites is 1. The van der Waals surface area contributed by atoms with Crippen molar-refractivity contribution in [3.05, 3.63) is 59.9 Å². The highest BCUT2D eigenvalue weighted by molar-refractivity contribution is 6.03. The molecule has 2 aromatic rings. The average Bonchev–Trinajstić information content (AvgIpc) is 2.99. The topological polar surface area (TPSA) is 56.2 Å². The summed E-state index contributed by atoms with van der Waals surface area (Å²) < 4.78 is 7.03. The third-order valence-corrected chi connectivity index (χ3v) is 3.76. The highest BCUT2D eigenvalue weighted by Crippen LogP contribution is 2.16. The van der Waals surface area contributed by atoms with Crippen LogP contribution in [0.15, 0.2) is 54.4 Å². The van der Waals surface area contributed by atoms with Gasteiger partial charge >= 0.3 is 0 Å². The van der Waals surface area contributed by atoms with Crippen molar-refractivity contribution in [3.63, 3.8) is 0 Å². The zero-order chi connectivity index (χ0) is 16.8. The Hall–Kier alpha value is -2.84. The van der Waals surface area contributed by atoms with E-state index in [2.05, 4.69) is 22.3 Å². The van der Waals surface area contributed by atoms with Gasteiger partial charge in [0.2, 0.25) is 0 Å². The van der Waals surface area contributed by atoms with E-state index in [0.29, 0.717) is 31.2 Å². The number of nitrogens with one attached hydrogen (secondary N) is 1. The maximum absolute atomic E-state index is 12.2. The van der Waals surface area contributed by atoms with Crippen LogP contribution in [-0.2, 0) is 9.53 Å². The maximum atomic E-state index is 12.2. The van der Waals surface area contributed by atoms with Gasteiger partial charge in [-0.15, -0.1) is 0 Å². The second-order valence-corrected chi connectivity index (χ2v) is 5.51. The molecule has 122 valence electrons. The number of aromatic nitrogens is 2. The van der Waals surface area contributed by atoms with E-state index in [-0.39, 0.29) is 5.91 Å². The quantitative estimate of drug-likeness (QED) is 0.696. The van der Waals surface area contributed by atoms with Gasteiger partial charge in [-0.2, -0.15) is 5.10 Å². The SMILES string of the molecule is CC/C(=C/C#Cc1cnn(C2COC2)c1)C(=O)Nc1ccccc1. The Bertz CT molecular complexity index is 793. The molecule has 1 saturated heterocycles. The molecule has 1 aliphatic rings. The molecule has 0 saturated carbocycles. The fraction of sp³-hybridized carbons (Fsp3) is 0.263. The van der Waals surface area contributed by atoms with Crippen LogP contribution in [-0.4, -0.2) is 28.9 Å². The molecule has 5 nitrogen and oxygen atoms in total. The van der Waals surface area contributed by atoms with Gasteiger partial charge in [0.05, 0.1) is 31.0 Å². The summed E-state index contributed by atoms with van der Waals surface area (Å²) in [4.78, 5) is 12.2. The van der Waals surface area contributed by atoms with Crippen molar-refractivity contribution in [3.8, 4) is 11.8 Å². The normalized spacial score (nSPS) is 14.5. The molecule has 3 rings (SSSR count). The summed E-state index contributed by atoms with van der Waals surface area (Å²) in [5.74, 6) is 5.85. The summed E-state index contributed by atoms with van der Waals surface area (Å²) in [7, 11) is 0. The predicted molar refractivity (Wildman–Crippen MR) is 92.4 cm³/mol. The minimum absolute atomic E-state index is 0.125. The summed E-state index contributed by atoms with van der Waals surface area (Å²) >= 11 is 0. The molecule has 24 heavy (non-hydrogen) atoms. The van der Waals surface area contributed by atoms with Crippen molar-refractivity contribution in [1.29, 1.82) is 0 Å². The molecule has 1 amide bonds. The molecule has 1 fully saturated rings. The van der Waals surface area contributed by atoms with Crippen LogP contribution in [0, 0.1) is 11.8 Å². The first kappa shape index (κ1) is 16.0. The van der Waals surface area contributed by atoms with E-state index in [9.17, 15) is 4.79 Å². The first-order chi connectivity index (χ1) is 11.8. The molecule has 1 aromatic carbocycles. The number of allylic oxidation sites excluding steroid dienone is 1. The second kappa shape index (κ2) is 7.62. The van der Waals surface area contributed by atoms with Crippen molar-refractivity contribution >= 4 is 11.6 Å². The summed E-state index contributed by atoms with van der Waals surface area (Å²) in [6, 6.07) is 9.71. The number of rotatable bonds is 4. The fourth-order valence-corrected chi connectivity index (χ4v) is 2.25. The number of anilines is 1. The lowest BCUT2D eigenvalue weighted by atomic mass is 10.1. The van der Waals surface area contributed by atoms with Crippen LogP contribution in [0.2, 0.25) is 0 Å². The number of benzene rings is 1. The maximum Gasteiger partial charge on any atom is 0.252 e. The van der Waals surface area contributed by atoms with Gasteiger partial charge in [-0.3, -0.25) is 9.48 Å². The Morgan fingerprint density at radius 1 is 1.42 bits per heavy atom. The first-order valence-corrected chi connectivity index (χ1v) is 7.95. The van der Waals surface area contributed by atoms with Gasteiger partial charge < -0.3 is 10.1 Å². The number of ether oxygens (including phenoxy) is 1. The zero-order valence-electron chi connectivity index (χ0n) is 13.5. The molecule has 1 N–H and O–H groups in total. The number of carbonyl (C=O) groups excluding carboxylic acids is 1. The molecule has 1 aliphatic heterocycles. The molecule has 1 aromatic heterocycles. The second-order valence-electron chi connectivity index (χ2n) is 5.51. The summed E-state index contributed by atoms with van der Waals surface area (Å²) in [5.41, 5.74) is 2.25. The Balaban J connectivity index is 1.65. The highest BCUT2D eigenvalue weighted by Gasteiger charge is 2.20. The van der Waals surface area contributed by atoms with Gasteiger partial charge in [0.1, 0.15) is 0 Å². The minimum Gasteiger partial charge on any atom is -0.377 e. The lowest BCUT2D eigenvalue weighted by Crippen LogP contribution is -2.30. The number of nitrogens with zero attached hydrogens (tertiary/aromatic N) is 2. The van der Waals surface area contributed by atoms with Crippen LogP contribution < -0.4 is 5.32 Å². The van der Waals surface area contributed by atoms with Crippen LogP contribution in [0.5, 0.6) is 0 Å². The Morgan fingerprint density at radius 2 is 2.21 bits per heavy atom. The van der Waals surface area contributed by atoms with Gasteiger partial charge in [0, 0.05) is 17.5 Å². The van der Waals surface area contributed by atoms with Crippen molar-refractivity contribution in [2.75, 3.05) is 18.5 Å². The Labute approximate surface area is 141 Å². The summed E-state index contributed by atoms with van der Waals surface area (Å²) in [5, 5.41) is 7.15. The molecule has 0 bridgehead atoms. The Morgan fingerprint density at radius 3 is 2.88 bits per heavy atom. The zero-order valence-corrected chi connectivity index (χ0v) is 13.5. The van der Waals surface area contributed by atoms with Gasteiger partial charge in [-0.1, -0.05) is 37.0 Å². The third kappa shape index (κ3) is 3.92. The van der Waals surface area contributed by atoms with Gasteiger partial charge in [0.15, 0.2) is 0 Å². The molecule has 0 radical (unpaired) electrons. The lowest BCUT2D eigenvalue weighted by molar-refractivity contribution is -0.112. The molecular formula is C19H19N3O2. The smallest absolute Gasteiger partial charge is 0.252 e. The number of amides is 1. The number of carbonyl (C=O) groups is 1. The third-order valence-electron chi connectivity index (χ3n) is 3.76. The standard InChI is InChI=1S/C19H19N3O2/c1-2-16(19(23)21-17-9-4-3-5-10-17)8-6-7-15-11-20-22(12-15)18-13-24-14-18/h3-5,8-12,18H,2,13-14H2,1H3,(H,21,23)/b16-8-. The van der Waals surface area contributed by atoms with Gasteiger partial charge in [-0.25, -0.2) is 0 Å². The molecule has 5 heteroatoms. The predicted octanol–water partition coefficient (Wildman–Crippen LogP) is 2.78. The van der Waals surface area contributed by atoms with Crippen molar-refractivity contribution < 1.29 is 9.53 Å². The average molecular weight is 321 g/mol. The van der Waals surface area contributed by atoms with Gasteiger partial charge in [0.25, 0.3) is 5.91 Å². The van der Waals surface area contributed by atoms with Crippen molar-refractivity contribution in [1.82, 2.24) is 9.78 Å². The number of hydrogen-bond donors (Lipinski definition) is 1. The molecular weight excluding hydrogens is 302 g/mol. The van der Waals surface area contributed by atoms with Gasteiger partial charge in [-0.05, 0) is 24.6 Å². The largest absolute Gasteiger partial charge is 0.377 e.